The zero-order valence-electron chi connectivity index (χ0n) is 11.6. The average Bonchev–Trinajstić information content (AvgIpc) is 2.87. The molecule has 0 atom stereocenters. The van der Waals surface area contributed by atoms with Crippen LogP contribution in [0.2, 0.25) is 0 Å². The van der Waals surface area contributed by atoms with E-state index >= 15 is 0 Å². The maximum absolute atomic E-state index is 12.4. The van der Waals surface area contributed by atoms with Crippen molar-refractivity contribution in [3.63, 3.8) is 0 Å². The van der Waals surface area contributed by atoms with E-state index in [0.717, 1.165) is 17.8 Å². The molecule has 21 heavy (non-hydrogen) atoms. The number of alkyl halides is 3. The third-order valence-corrected chi connectivity index (χ3v) is 2.82. The largest absolute Gasteiger partial charge is 0.417 e. The van der Waals surface area contributed by atoms with E-state index in [1.54, 1.807) is 6.21 Å². The first-order valence-electron chi connectivity index (χ1n) is 6.36. The van der Waals surface area contributed by atoms with Crippen LogP contribution in [-0.2, 0) is 6.18 Å². The summed E-state index contributed by atoms with van der Waals surface area (Å²) >= 11 is 0. The van der Waals surface area contributed by atoms with E-state index < -0.39 is 11.7 Å². The van der Waals surface area contributed by atoms with Crippen LogP contribution >= 0.6 is 0 Å². The van der Waals surface area contributed by atoms with Crippen LogP contribution in [0.25, 0.3) is 0 Å². The molecule has 1 N–H and O–H groups in total. The second-order valence-electron chi connectivity index (χ2n) is 4.79. The van der Waals surface area contributed by atoms with Crippen molar-refractivity contribution in [3.05, 3.63) is 47.9 Å². The van der Waals surface area contributed by atoms with Crippen molar-refractivity contribution in [2.24, 2.45) is 5.10 Å². The minimum Gasteiger partial charge on any atom is -0.351 e. The van der Waals surface area contributed by atoms with Crippen LogP contribution in [-0.4, -0.2) is 15.8 Å². The van der Waals surface area contributed by atoms with Gasteiger partial charge in [-0.05, 0) is 32.0 Å². The van der Waals surface area contributed by atoms with Gasteiger partial charge >= 0.3 is 6.18 Å². The zero-order chi connectivity index (χ0) is 15.5. The molecule has 2 rings (SSSR count). The van der Waals surface area contributed by atoms with Crippen LogP contribution in [0.4, 0.5) is 19.0 Å². The Balaban J connectivity index is 1.97. The summed E-state index contributed by atoms with van der Waals surface area (Å²) < 4.78 is 39.1. The number of anilines is 1. The number of nitrogens with zero attached hydrogens (tertiary/aromatic N) is 3. The van der Waals surface area contributed by atoms with Crippen molar-refractivity contribution in [3.8, 4) is 0 Å². The molecule has 0 aliphatic rings. The highest BCUT2D eigenvalue weighted by molar-refractivity contribution is 5.79. The molecule has 0 aliphatic carbocycles. The molecule has 0 bridgehead atoms. The molecule has 0 amide bonds. The van der Waals surface area contributed by atoms with Gasteiger partial charge in [0.25, 0.3) is 0 Å². The van der Waals surface area contributed by atoms with Gasteiger partial charge in [-0.25, -0.2) is 4.98 Å². The number of halogens is 3. The molecule has 0 fully saturated rings. The SMILES string of the molecule is CC(C)n1ccc(/C=N/Nc2ccc(C(F)(F)F)cn2)c1. The quantitative estimate of drug-likeness (QED) is 0.686. The second-order valence-corrected chi connectivity index (χ2v) is 4.79. The fourth-order valence-electron chi connectivity index (χ4n) is 1.63. The topological polar surface area (TPSA) is 42.2 Å². The molecule has 2 heterocycles. The van der Waals surface area contributed by atoms with Crippen LogP contribution in [0.5, 0.6) is 0 Å². The van der Waals surface area contributed by atoms with Gasteiger partial charge in [-0.1, -0.05) is 0 Å². The maximum Gasteiger partial charge on any atom is 0.417 e. The normalized spacial score (nSPS) is 12.3. The van der Waals surface area contributed by atoms with Crippen LogP contribution in [0.1, 0.15) is 31.0 Å². The summed E-state index contributed by atoms with van der Waals surface area (Å²) in [5, 5.41) is 3.94. The first-order valence-corrected chi connectivity index (χ1v) is 6.36. The summed E-state index contributed by atoms with van der Waals surface area (Å²) in [6.07, 6.45) is 1.83. The lowest BCUT2D eigenvalue weighted by atomic mass is 10.3. The highest BCUT2D eigenvalue weighted by Gasteiger charge is 2.30. The Hall–Kier alpha value is -2.31. The average molecular weight is 296 g/mol. The molecule has 4 nitrogen and oxygen atoms in total. The lowest BCUT2D eigenvalue weighted by molar-refractivity contribution is -0.137. The number of nitrogens with one attached hydrogen (secondary N) is 1. The number of pyridine rings is 1. The molecule has 0 radical (unpaired) electrons. The number of rotatable bonds is 4. The van der Waals surface area contributed by atoms with Gasteiger partial charge in [-0.2, -0.15) is 18.3 Å². The van der Waals surface area contributed by atoms with Gasteiger partial charge in [0.15, 0.2) is 0 Å². The van der Waals surface area contributed by atoms with E-state index in [2.05, 4.69) is 29.4 Å². The van der Waals surface area contributed by atoms with Gasteiger partial charge in [-0.3, -0.25) is 5.43 Å². The zero-order valence-corrected chi connectivity index (χ0v) is 11.6. The van der Waals surface area contributed by atoms with E-state index in [1.165, 1.54) is 6.07 Å². The molecule has 112 valence electrons. The molecular weight excluding hydrogens is 281 g/mol. The Morgan fingerprint density at radius 1 is 1.29 bits per heavy atom. The van der Waals surface area contributed by atoms with Crippen LogP contribution < -0.4 is 5.43 Å². The first-order chi connectivity index (χ1) is 9.86. The summed E-state index contributed by atoms with van der Waals surface area (Å²) in [6, 6.07) is 4.45. The third kappa shape index (κ3) is 4.08. The van der Waals surface area contributed by atoms with Gasteiger partial charge in [0.05, 0.1) is 11.8 Å². The Morgan fingerprint density at radius 3 is 2.57 bits per heavy atom. The third-order valence-electron chi connectivity index (χ3n) is 2.82. The molecule has 7 heteroatoms. The number of hydrazone groups is 1. The van der Waals surface area contributed by atoms with Gasteiger partial charge in [0.1, 0.15) is 5.82 Å². The van der Waals surface area contributed by atoms with E-state index in [4.69, 9.17) is 0 Å². The highest BCUT2D eigenvalue weighted by Crippen LogP contribution is 2.28. The summed E-state index contributed by atoms with van der Waals surface area (Å²) in [6.45, 7) is 4.12. The fraction of sp³-hybridized carbons (Fsp3) is 0.286. The number of hydrogen-bond donors (Lipinski definition) is 1. The van der Waals surface area contributed by atoms with Crippen molar-refractivity contribution >= 4 is 12.0 Å². The van der Waals surface area contributed by atoms with Crippen LogP contribution in [0.15, 0.2) is 41.9 Å². The van der Waals surface area contributed by atoms with Gasteiger partial charge in [0.2, 0.25) is 0 Å². The van der Waals surface area contributed by atoms with E-state index in [9.17, 15) is 13.2 Å². The van der Waals surface area contributed by atoms with E-state index in [-0.39, 0.29) is 5.82 Å². The Morgan fingerprint density at radius 2 is 2.05 bits per heavy atom. The van der Waals surface area contributed by atoms with Crippen molar-refractivity contribution in [1.82, 2.24) is 9.55 Å². The van der Waals surface area contributed by atoms with Gasteiger partial charge < -0.3 is 4.57 Å². The standard InChI is InChI=1S/C14H15F3N4/c1-10(2)21-6-5-11(9-21)7-19-20-13-4-3-12(8-18-13)14(15,16)17/h3-10H,1-2H3,(H,18,20)/b19-7+. The number of hydrogen-bond acceptors (Lipinski definition) is 3. The minimum atomic E-state index is -4.38. The predicted molar refractivity (Wildman–Crippen MR) is 75.3 cm³/mol. The Bertz CT molecular complexity index is 612. The number of aromatic nitrogens is 2. The summed E-state index contributed by atoms with van der Waals surface area (Å²) in [7, 11) is 0. The summed E-state index contributed by atoms with van der Waals surface area (Å²) in [4.78, 5) is 3.66. The molecule has 2 aromatic rings. The monoisotopic (exact) mass is 296 g/mol. The minimum absolute atomic E-state index is 0.252. The summed E-state index contributed by atoms with van der Waals surface area (Å²) in [5.74, 6) is 0.252. The lowest BCUT2D eigenvalue weighted by Crippen LogP contribution is -2.05. The molecule has 0 saturated carbocycles. The first kappa shape index (κ1) is 15.1. The van der Waals surface area contributed by atoms with Crippen molar-refractivity contribution in [2.45, 2.75) is 26.1 Å². The van der Waals surface area contributed by atoms with E-state index in [1.807, 2.05) is 23.0 Å². The Labute approximate surface area is 120 Å². The van der Waals surface area contributed by atoms with Gasteiger partial charge in [-0.15, -0.1) is 0 Å². The summed E-state index contributed by atoms with van der Waals surface area (Å²) in [5.41, 5.74) is 2.70. The predicted octanol–water partition coefficient (Wildman–Crippen LogP) is 3.93. The van der Waals surface area contributed by atoms with Gasteiger partial charge in [0, 0.05) is 30.2 Å². The van der Waals surface area contributed by atoms with Crippen LogP contribution in [0.3, 0.4) is 0 Å². The molecule has 0 unspecified atom stereocenters. The van der Waals surface area contributed by atoms with Crippen molar-refractivity contribution in [2.75, 3.05) is 5.43 Å². The smallest absolute Gasteiger partial charge is 0.351 e. The van der Waals surface area contributed by atoms with Crippen molar-refractivity contribution < 1.29 is 13.2 Å². The fourth-order valence-corrected chi connectivity index (χ4v) is 1.63. The molecule has 2 aromatic heterocycles. The molecule has 0 aliphatic heterocycles. The van der Waals surface area contributed by atoms with E-state index in [0.29, 0.717) is 6.04 Å². The Kier molecular flexibility index (Phi) is 4.30. The highest BCUT2D eigenvalue weighted by atomic mass is 19.4. The van der Waals surface area contributed by atoms with Crippen LogP contribution in [0, 0.1) is 0 Å². The second kappa shape index (κ2) is 5.99. The lowest BCUT2D eigenvalue weighted by Gasteiger charge is -2.06. The molecule has 0 spiro atoms. The van der Waals surface area contributed by atoms with Crippen molar-refractivity contribution in [1.29, 1.82) is 0 Å². The molecular formula is C14H15F3N4. The maximum atomic E-state index is 12.4. The molecule has 0 saturated heterocycles. The molecule has 0 aromatic carbocycles.